The van der Waals surface area contributed by atoms with E-state index in [-0.39, 0.29) is 13.2 Å². The summed E-state index contributed by atoms with van der Waals surface area (Å²) < 4.78 is 0. The van der Waals surface area contributed by atoms with Crippen molar-refractivity contribution in [2.75, 3.05) is 26.4 Å². The highest BCUT2D eigenvalue weighted by atomic mass is 16.3. The molecule has 112 valence electrons. The van der Waals surface area contributed by atoms with Crippen LogP contribution in [0.15, 0.2) is 0 Å². The molecule has 4 nitrogen and oxygen atoms in total. The molecule has 0 saturated heterocycles. The van der Waals surface area contributed by atoms with Gasteiger partial charge in [0.05, 0.1) is 0 Å². The molecule has 0 aromatic carbocycles. The smallest absolute Gasteiger partial charge is 0.0431 e. The van der Waals surface area contributed by atoms with Crippen LogP contribution < -0.4 is 0 Å². The molecular formula is C14H32O4. The Labute approximate surface area is 112 Å². The summed E-state index contributed by atoms with van der Waals surface area (Å²) in [6.07, 6.45) is 10.3. The van der Waals surface area contributed by atoms with Crippen LogP contribution in [0.2, 0.25) is 0 Å². The van der Waals surface area contributed by atoms with E-state index in [9.17, 15) is 0 Å². The van der Waals surface area contributed by atoms with Crippen LogP contribution in [0.4, 0.5) is 0 Å². The van der Waals surface area contributed by atoms with E-state index in [0.717, 1.165) is 51.4 Å². The summed E-state index contributed by atoms with van der Waals surface area (Å²) in [4.78, 5) is 0. The fourth-order valence-corrected chi connectivity index (χ4v) is 1.51. The van der Waals surface area contributed by atoms with Crippen molar-refractivity contribution in [1.82, 2.24) is 0 Å². The third kappa shape index (κ3) is 24.9. The van der Waals surface area contributed by atoms with Crippen LogP contribution in [0.5, 0.6) is 0 Å². The van der Waals surface area contributed by atoms with Crippen molar-refractivity contribution in [3.63, 3.8) is 0 Å². The van der Waals surface area contributed by atoms with Gasteiger partial charge < -0.3 is 20.4 Å². The molecule has 0 heterocycles. The summed E-state index contributed by atoms with van der Waals surface area (Å²) in [7, 11) is 0. The van der Waals surface area contributed by atoms with Crippen molar-refractivity contribution in [1.29, 1.82) is 0 Å². The number of aliphatic hydroxyl groups is 4. The Kier molecular flexibility index (Phi) is 24.7. The topological polar surface area (TPSA) is 80.9 Å². The fourth-order valence-electron chi connectivity index (χ4n) is 1.51. The maximum atomic E-state index is 8.43. The molecule has 0 atom stereocenters. The molecule has 0 aromatic rings. The molecule has 0 rings (SSSR count). The first kappa shape index (κ1) is 20.2. The Morgan fingerprint density at radius 2 is 0.444 bits per heavy atom. The van der Waals surface area contributed by atoms with Gasteiger partial charge in [-0.1, -0.05) is 38.5 Å². The maximum Gasteiger partial charge on any atom is 0.0431 e. The Balaban J connectivity index is 0. The minimum atomic E-state index is 0.283. The van der Waals surface area contributed by atoms with Gasteiger partial charge in [0.2, 0.25) is 0 Å². The van der Waals surface area contributed by atoms with Gasteiger partial charge in [-0.3, -0.25) is 0 Å². The molecule has 0 aromatic heterocycles. The molecule has 0 radical (unpaired) electrons. The highest BCUT2D eigenvalue weighted by Gasteiger charge is 1.88. The summed E-state index contributed by atoms with van der Waals surface area (Å²) >= 11 is 0. The molecule has 4 N–H and O–H groups in total. The van der Waals surface area contributed by atoms with Crippen molar-refractivity contribution in [2.24, 2.45) is 0 Å². The lowest BCUT2D eigenvalue weighted by atomic mass is 10.1. The van der Waals surface area contributed by atoms with Crippen LogP contribution in [0.25, 0.3) is 0 Å². The summed E-state index contributed by atoms with van der Waals surface area (Å²) in [5.74, 6) is 0. The predicted molar refractivity (Wildman–Crippen MR) is 74.5 cm³/mol. The molecule has 0 bridgehead atoms. The summed E-state index contributed by atoms with van der Waals surface area (Å²) in [6.45, 7) is 1.21. The monoisotopic (exact) mass is 264 g/mol. The maximum absolute atomic E-state index is 8.43. The molecular weight excluding hydrogens is 232 g/mol. The molecule has 0 unspecified atom stereocenters. The first-order chi connectivity index (χ1) is 8.83. The summed E-state index contributed by atoms with van der Waals surface area (Å²) in [5, 5.41) is 33.5. The van der Waals surface area contributed by atoms with Crippen LogP contribution in [0.1, 0.15) is 64.2 Å². The van der Waals surface area contributed by atoms with E-state index in [0.29, 0.717) is 13.2 Å². The van der Waals surface area contributed by atoms with Gasteiger partial charge in [0.1, 0.15) is 0 Å². The Hall–Kier alpha value is -0.160. The van der Waals surface area contributed by atoms with Gasteiger partial charge in [0.25, 0.3) is 0 Å². The van der Waals surface area contributed by atoms with E-state index >= 15 is 0 Å². The minimum Gasteiger partial charge on any atom is -0.396 e. The molecule has 4 heteroatoms. The first-order valence-corrected chi connectivity index (χ1v) is 7.26. The van der Waals surface area contributed by atoms with Gasteiger partial charge in [0.15, 0.2) is 0 Å². The van der Waals surface area contributed by atoms with Gasteiger partial charge >= 0.3 is 0 Å². The Bertz CT molecular complexity index is 106. The van der Waals surface area contributed by atoms with E-state index in [1.165, 1.54) is 12.8 Å². The number of aliphatic hydroxyl groups excluding tert-OH is 4. The average Bonchev–Trinajstić information content (AvgIpc) is 2.40. The molecule has 18 heavy (non-hydrogen) atoms. The lowest BCUT2D eigenvalue weighted by Crippen LogP contribution is -1.85. The highest BCUT2D eigenvalue weighted by molar-refractivity contribution is 4.43. The number of unbranched alkanes of at least 4 members (excludes halogenated alkanes) is 8. The molecule has 0 aliphatic carbocycles. The zero-order valence-corrected chi connectivity index (χ0v) is 11.7. The molecule has 0 aliphatic heterocycles. The van der Waals surface area contributed by atoms with Crippen LogP contribution in [-0.4, -0.2) is 46.9 Å². The zero-order valence-electron chi connectivity index (χ0n) is 11.7. The van der Waals surface area contributed by atoms with Crippen molar-refractivity contribution in [2.45, 2.75) is 64.2 Å². The average molecular weight is 264 g/mol. The number of rotatable bonds is 12. The van der Waals surface area contributed by atoms with Crippen molar-refractivity contribution < 1.29 is 20.4 Å². The SMILES string of the molecule is OCCCCCCCCO.OCCCCCCO. The van der Waals surface area contributed by atoms with E-state index in [2.05, 4.69) is 0 Å². The van der Waals surface area contributed by atoms with Gasteiger partial charge in [-0.25, -0.2) is 0 Å². The van der Waals surface area contributed by atoms with Crippen molar-refractivity contribution in [3.8, 4) is 0 Å². The Morgan fingerprint density at radius 1 is 0.278 bits per heavy atom. The van der Waals surface area contributed by atoms with E-state index in [1.54, 1.807) is 0 Å². The predicted octanol–water partition coefficient (Wildman–Crippen LogP) is 1.84. The highest BCUT2D eigenvalue weighted by Crippen LogP contribution is 2.03. The van der Waals surface area contributed by atoms with Crippen molar-refractivity contribution >= 4 is 0 Å². The van der Waals surface area contributed by atoms with Gasteiger partial charge in [-0.2, -0.15) is 0 Å². The van der Waals surface area contributed by atoms with Gasteiger partial charge in [-0.05, 0) is 25.7 Å². The molecule has 0 saturated carbocycles. The molecule has 0 fully saturated rings. The van der Waals surface area contributed by atoms with Crippen LogP contribution in [0, 0.1) is 0 Å². The second-order valence-electron chi connectivity index (χ2n) is 4.43. The third-order valence-corrected chi connectivity index (χ3v) is 2.63. The molecule has 0 amide bonds. The van der Waals surface area contributed by atoms with Crippen molar-refractivity contribution in [3.05, 3.63) is 0 Å². The lowest BCUT2D eigenvalue weighted by Gasteiger charge is -1.97. The summed E-state index contributed by atoms with van der Waals surface area (Å²) in [6, 6.07) is 0. The number of hydrogen-bond donors (Lipinski definition) is 4. The second-order valence-corrected chi connectivity index (χ2v) is 4.43. The van der Waals surface area contributed by atoms with E-state index in [1.807, 2.05) is 0 Å². The fraction of sp³-hybridized carbons (Fsp3) is 1.00. The molecule has 0 aliphatic rings. The molecule has 0 spiro atoms. The second kappa shape index (κ2) is 22.1. The minimum absolute atomic E-state index is 0.283. The standard InChI is InChI=1S/C8H18O2.C6H14O2/c9-7-5-3-1-2-4-6-8-10;7-5-3-1-2-4-6-8/h9-10H,1-8H2;7-8H,1-6H2. The first-order valence-electron chi connectivity index (χ1n) is 7.26. The largest absolute Gasteiger partial charge is 0.396 e. The Morgan fingerprint density at radius 3 is 0.611 bits per heavy atom. The van der Waals surface area contributed by atoms with E-state index in [4.69, 9.17) is 20.4 Å². The van der Waals surface area contributed by atoms with Gasteiger partial charge in [0, 0.05) is 26.4 Å². The normalized spacial score (nSPS) is 10.0. The van der Waals surface area contributed by atoms with Crippen LogP contribution in [-0.2, 0) is 0 Å². The van der Waals surface area contributed by atoms with Gasteiger partial charge in [-0.15, -0.1) is 0 Å². The number of hydrogen-bond acceptors (Lipinski definition) is 4. The third-order valence-electron chi connectivity index (χ3n) is 2.63. The lowest BCUT2D eigenvalue weighted by molar-refractivity contribution is 0.265. The van der Waals surface area contributed by atoms with Crippen LogP contribution in [0.3, 0.4) is 0 Å². The van der Waals surface area contributed by atoms with E-state index < -0.39 is 0 Å². The quantitative estimate of drug-likeness (QED) is 0.405. The van der Waals surface area contributed by atoms with Crippen LogP contribution >= 0.6 is 0 Å². The summed E-state index contributed by atoms with van der Waals surface area (Å²) in [5.41, 5.74) is 0. The zero-order chi connectivity index (χ0) is 13.9.